The lowest BCUT2D eigenvalue weighted by molar-refractivity contribution is 0.0994. The number of nitrogens with zero attached hydrogens (tertiary/aromatic N) is 3. The molecule has 2 aromatic heterocycles. The summed E-state index contributed by atoms with van der Waals surface area (Å²) in [5, 5.41) is 10.6. The molecular formula is C19H14ClN3O2S. The molecular weight excluding hydrogens is 370 g/mol. The molecule has 26 heavy (non-hydrogen) atoms. The summed E-state index contributed by atoms with van der Waals surface area (Å²) in [6.07, 6.45) is 0. The number of hydrogen-bond acceptors (Lipinski definition) is 5. The van der Waals surface area contributed by atoms with Crippen molar-refractivity contribution >= 4 is 40.1 Å². The van der Waals surface area contributed by atoms with Gasteiger partial charge in [0.2, 0.25) is 5.78 Å². The second-order valence-corrected chi connectivity index (χ2v) is 7.06. The lowest BCUT2D eigenvalue weighted by atomic mass is 10.2. The number of hydrogen-bond donors (Lipinski definition) is 0. The van der Waals surface area contributed by atoms with Crippen LogP contribution < -0.4 is 0 Å². The summed E-state index contributed by atoms with van der Waals surface area (Å²) < 4.78 is 7.45. The van der Waals surface area contributed by atoms with Crippen molar-refractivity contribution in [3.05, 3.63) is 65.4 Å². The Morgan fingerprint density at radius 2 is 1.92 bits per heavy atom. The van der Waals surface area contributed by atoms with Gasteiger partial charge in [0, 0.05) is 18.0 Å². The van der Waals surface area contributed by atoms with E-state index in [4.69, 9.17) is 16.0 Å². The molecule has 0 N–H and O–H groups in total. The van der Waals surface area contributed by atoms with Crippen molar-refractivity contribution in [2.45, 2.75) is 5.16 Å². The summed E-state index contributed by atoms with van der Waals surface area (Å²) in [4.78, 5) is 12.4. The van der Waals surface area contributed by atoms with Gasteiger partial charge < -0.3 is 8.98 Å². The minimum atomic E-state index is -0.0894. The van der Waals surface area contributed by atoms with Crippen LogP contribution in [0.2, 0.25) is 5.02 Å². The van der Waals surface area contributed by atoms with Gasteiger partial charge in [-0.1, -0.05) is 53.7 Å². The van der Waals surface area contributed by atoms with Crippen molar-refractivity contribution in [2.24, 2.45) is 7.05 Å². The van der Waals surface area contributed by atoms with Crippen LogP contribution in [0.4, 0.5) is 0 Å². The molecule has 130 valence electrons. The molecule has 7 heteroatoms. The van der Waals surface area contributed by atoms with E-state index in [1.807, 2.05) is 60.1 Å². The quantitative estimate of drug-likeness (QED) is 0.364. The number of ketones is 1. The van der Waals surface area contributed by atoms with E-state index in [2.05, 4.69) is 10.2 Å². The number of fused-ring (bicyclic) bond motifs is 1. The second kappa shape index (κ2) is 6.97. The Balaban J connectivity index is 1.51. The predicted molar refractivity (Wildman–Crippen MR) is 103 cm³/mol. The van der Waals surface area contributed by atoms with Gasteiger partial charge in [-0.15, -0.1) is 10.2 Å². The average molecular weight is 384 g/mol. The SMILES string of the molecule is Cn1c(SCC(=O)c2cc3ccccc3o2)nnc1-c1ccccc1Cl. The minimum absolute atomic E-state index is 0.0894. The van der Waals surface area contributed by atoms with Crippen LogP contribution in [0.15, 0.2) is 64.2 Å². The van der Waals surface area contributed by atoms with Crippen LogP contribution in [-0.2, 0) is 7.05 Å². The lowest BCUT2D eigenvalue weighted by Gasteiger charge is -2.04. The first kappa shape index (κ1) is 16.9. The second-order valence-electron chi connectivity index (χ2n) is 5.71. The fraction of sp³-hybridized carbons (Fsp3) is 0.105. The number of halogens is 1. The number of furan rings is 1. The third-order valence-corrected chi connectivity index (χ3v) is 5.33. The Morgan fingerprint density at radius 1 is 1.15 bits per heavy atom. The van der Waals surface area contributed by atoms with E-state index in [9.17, 15) is 4.79 Å². The first-order valence-corrected chi connectivity index (χ1v) is 9.28. The van der Waals surface area contributed by atoms with Crippen molar-refractivity contribution < 1.29 is 9.21 Å². The van der Waals surface area contributed by atoms with E-state index in [-0.39, 0.29) is 11.5 Å². The maximum absolute atomic E-state index is 12.4. The summed E-state index contributed by atoms with van der Waals surface area (Å²) >= 11 is 7.55. The van der Waals surface area contributed by atoms with Gasteiger partial charge in [-0.3, -0.25) is 4.79 Å². The molecule has 0 aliphatic heterocycles. The van der Waals surface area contributed by atoms with Crippen LogP contribution in [0.1, 0.15) is 10.6 Å². The molecule has 0 saturated carbocycles. The molecule has 0 amide bonds. The Morgan fingerprint density at radius 3 is 2.73 bits per heavy atom. The number of Topliss-reactive ketones (excluding diaryl/α,β-unsaturated/α-hetero) is 1. The van der Waals surface area contributed by atoms with Gasteiger partial charge >= 0.3 is 0 Å². The fourth-order valence-corrected chi connectivity index (χ4v) is 3.64. The summed E-state index contributed by atoms with van der Waals surface area (Å²) in [6, 6.07) is 16.8. The number of para-hydroxylation sites is 1. The van der Waals surface area contributed by atoms with Crippen molar-refractivity contribution in [2.75, 3.05) is 5.75 Å². The van der Waals surface area contributed by atoms with Gasteiger partial charge in [-0.25, -0.2) is 0 Å². The molecule has 0 unspecified atom stereocenters. The zero-order valence-corrected chi connectivity index (χ0v) is 15.4. The molecule has 4 rings (SSSR count). The molecule has 4 aromatic rings. The van der Waals surface area contributed by atoms with Crippen molar-refractivity contribution in [1.82, 2.24) is 14.8 Å². The first-order chi connectivity index (χ1) is 12.6. The Kier molecular flexibility index (Phi) is 4.53. The monoisotopic (exact) mass is 383 g/mol. The Labute approximate surface area is 159 Å². The van der Waals surface area contributed by atoms with Crippen LogP contribution in [-0.4, -0.2) is 26.3 Å². The lowest BCUT2D eigenvalue weighted by Crippen LogP contribution is -2.02. The highest BCUT2D eigenvalue weighted by atomic mass is 35.5. The molecule has 2 heterocycles. The first-order valence-electron chi connectivity index (χ1n) is 7.92. The molecule has 0 fully saturated rings. The van der Waals surface area contributed by atoms with Gasteiger partial charge in [-0.2, -0.15) is 0 Å². The van der Waals surface area contributed by atoms with E-state index in [1.165, 1.54) is 11.8 Å². The van der Waals surface area contributed by atoms with Gasteiger partial charge in [-0.05, 0) is 24.3 Å². The summed E-state index contributed by atoms with van der Waals surface area (Å²) in [6.45, 7) is 0. The number of aromatic nitrogens is 3. The predicted octanol–water partition coefficient (Wildman–Crippen LogP) is 4.86. The number of carbonyl (C=O) groups excluding carboxylic acids is 1. The standard InChI is InChI=1S/C19H14ClN3O2S/c1-23-18(13-7-3-4-8-14(13)20)21-22-19(23)26-11-15(24)17-10-12-6-2-5-9-16(12)25-17/h2-10H,11H2,1H3. The molecule has 0 radical (unpaired) electrons. The van der Waals surface area contributed by atoms with Crippen LogP contribution >= 0.6 is 23.4 Å². The minimum Gasteiger partial charge on any atom is -0.453 e. The average Bonchev–Trinajstić information content (AvgIpc) is 3.24. The van der Waals surface area contributed by atoms with Crippen LogP contribution in [0, 0.1) is 0 Å². The molecule has 0 aliphatic carbocycles. The highest BCUT2D eigenvalue weighted by Crippen LogP contribution is 2.29. The molecule has 0 atom stereocenters. The molecule has 5 nitrogen and oxygen atoms in total. The highest BCUT2D eigenvalue weighted by Gasteiger charge is 2.17. The Bertz CT molecular complexity index is 1070. The number of carbonyl (C=O) groups is 1. The zero-order chi connectivity index (χ0) is 18.1. The Hall–Kier alpha value is -2.57. The molecule has 0 bridgehead atoms. The smallest absolute Gasteiger partial charge is 0.208 e. The van der Waals surface area contributed by atoms with Gasteiger partial charge in [0.25, 0.3) is 0 Å². The van der Waals surface area contributed by atoms with E-state index in [0.29, 0.717) is 27.3 Å². The molecule has 2 aromatic carbocycles. The van der Waals surface area contributed by atoms with Gasteiger partial charge in [0.1, 0.15) is 5.58 Å². The topological polar surface area (TPSA) is 60.9 Å². The summed E-state index contributed by atoms with van der Waals surface area (Å²) in [5.74, 6) is 1.14. The van der Waals surface area contributed by atoms with E-state index >= 15 is 0 Å². The normalized spacial score (nSPS) is 11.2. The fourth-order valence-electron chi connectivity index (χ4n) is 2.64. The van der Waals surface area contributed by atoms with Gasteiger partial charge in [0.15, 0.2) is 16.7 Å². The maximum atomic E-state index is 12.4. The van der Waals surface area contributed by atoms with Crippen molar-refractivity contribution in [3.8, 4) is 11.4 Å². The van der Waals surface area contributed by atoms with E-state index < -0.39 is 0 Å². The van der Waals surface area contributed by atoms with Crippen molar-refractivity contribution in [1.29, 1.82) is 0 Å². The van der Waals surface area contributed by atoms with Crippen LogP contribution in [0.25, 0.3) is 22.4 Å². The highest BCUT2D eigenvalue weighted by molar-refractivity contribution is 7.99. The third-order valence-electron chi connectivity index (χ3n) is 3.98. The summed E-state index contributed by atoms with van der Waals surface area (Å²) in [7, 11) is 1.85. The molecule has 0 saturated heterocycles. The third kappa shape index (κ3) is 3.13. The largest absolute Gasteiger partial charge is 0.453 e. The maximum Gasteiger partial charge on any atom is 0.208 e. The van der Waals surface area contributed by atoms with E-state index in [0.717, 1.165) is 10.9 Å². The number of benzene rings is 2. The van der Waals surface area contributed by atoms with Crippen LogP contribution in [0.5, 0.6) is 0 Å². The zero-order valence-electron chi connectivity index (χ0n) is 13.8. The molecule has 0 spiro atoms. The summed E-state index contributed by atoms with van der Waals surface area (Å²) in [5.41, 5.74) is 1.51. The van der Waals surface area contributed by atoms with Crippen LogP contribution in [0.3, 0.4) is 0 Å². The van der Waals surface area contributed by atoms with E-state index in [1.54, 1.807) is 6.07 Å². The van der Waals surface area contributed by atoms with Crippen molar-refractivity contribution in [3.63, 3.8) is 0 Å². The molecule has 0 aliphatic rings. The van der Waals surface area contributed by atoms with Gasteiger partial charge in [0.05, 0.1) is 10.8 Å². The number of rotatable bonds is 5. The number of thioether (sulfide) groups is 1.